The smallest absolute Gasteiger partial charge is 0.222 e. The molecule has 2 amide bonds. The molecule has 4 atom stereocenters. The summed E-state index contributed by atoms with van der Waals surface area (Å²) in [5.74, 6) is 0.497. The number of hydrogen-bond acceptors (Lipinski definition) is 4. The number of nitrogens with zero attached hydrogens (tertiary/aromatic N) is 2. The SMILES string of the molecule is C[C@H](CC(=O)N1CC2CN(C)CC2C1)[C@@H](O)CC(N)=O. The summed E-state index contributed by atoms with van der Waals surface area (Å²) in [7, 11) is 2.12. The van der Waals surface area contributed by atoms with E-state index in [-0.39, 0.29) is 24.7 Å². The third-order valence-corrected chi connectivity index (χ3v) is 4.59. The summed E-state index contributed by atoms with van der Waals surface area (Å²) < 4.78 is 0. The summed E-state index contributed by atoms with van der Waals surface area (Å²) in [5.41, 5.74) is 5.06. The number of primary amides is 1. The lowest BCUT2D eigenvalue weighted by Gasteiger charge is -2.23. The molecule has 0 saturated carbocycles. The molecule has 114 valence electrons. The molecule has 3 N–H and O–H groups in total. The molecule has 6 heteroatoms. The summed E-state index contributed by atoms with van der Waals surface area (Å²) in [6.07, 6.45) is -0.626. The zero-order chi connectivity index (χ0) is 14.9. The Labute approximate surface area is 119 Å². The third-order valence-electron chi connectivity index (χ3n) is 4.59. The van der Waals surface area contributed by atoms with E-state index in [0.29, 0.717) is 11.8 Å². The molecule has 2 rings (SSSR count). The lowest BCUT2D eigenvalue weighted by atomic mass is 9.97. The molecule has 0 radical (unpaired) electrons. The van der Waals surface area contributed by atoms with Gasteiger partial charge in [-0.1, -0.05) is 6.92 Å². The summed E-state index contributed by atoms with van der Waals surface area (Å²) >= 11 is 0. The first kappa shape index (κ1) is 15.3. The Kier molecular flexibility index (Phi) is 4.65. The van der Waals surface area contributed by atoms with Gasteiger partial charge in [0.2, 0.25) is 11.8 Å². The Hall–Kier alpha value is -1.14. The van der Waals surface area contributed by atoms with Crippen molar-refractivity contribution in [2.45, 2.75) is 25.9 Å². The molecule has 0 bridgehead atoms. The number of likely N-dealkylation sites (tertiary alicyclic amines) is 2. The fourth-order valence-corrected chi connectivity index (χ4v) is 3.38. The normalized spacial score (nSPS) is 29.2. The fourth-order valence-electron chi connectivity index (χ4n) is 3.38. The van der Waals surface area contributed by atoms with E-state index in [4.69, 9.17) is 5.73 Å². The summed E-state index contributed by atoms with van der Waals surface area (Å²) in [4.78, 5) is 27.3. The van der Waals surface area contributed by atoms with E-state index in [1.165, 1.54) is 0 Å². The van der Waals surface area contributed by atoms with Crippen LogP contribution in [-0.2, 0) is 9.59 Å². The molecule has 2 heterocycles. The van der Waals surface area contributed by atoms with E-state index >= 15 is 0 Å². The van der Waals surface area contributed by atoms with Crippen molar-refractivity contribution in [3.05, 3.63) is 0 Å². The minimum atomic E-state index is -0.829. The molecule has 0 aromatic heterocycles. The highest BCUT2D eigenvalue weighted by Gasteiger charge is 2.40. The van der Waals surface area contributed by atoms with Crippen molar-refractivity contribution in [3.8, 4) is 0 Å². The molecule has 2 aliphatic heterocycles. The van der Waals surface area contributed by atoms with Gasteiger partial charge in [0.05, 0.1) is 12.5 Å². The average Bonchev–Trinajstić information content (AvgIpc) is 2.84. The van der Waals surface area contributed by atoms with Crippen LogP contribution in [0.2, 0.25) is 0 Å². The number of nitrogens with two attached hydrogens (primary N) is 1. The number of rotatable bonds is 5. The summed E-state index contributed by atoms with van der Waals surface area (Å²) in [5, 5.41) is 9.80. The molecule has 0 spiro atoms. The van der Waals surface area contributed by atoms with Crippen LogP contribution in [-0.4, -0.2) is 66.1 Å². The Balaban J connectivity index is 1.80. The van der Waals surface area contributed by atoms with Crippen molar-refractivity contribution in [1.29, 1.82) is 0 Å². The molecular weight excluding hydrogens is 258 g/mol. The van der Waals surface area contributed by atoms with Crippen LogP contribution in [0.1, 0.15) is 19.8 Å². The minimum absolute atomic E-state index is 0.0789. The van der Waals surface area contributed by atoms with Gasteiger partial charge in [-0.05, 0) is 24.8 Å². The molecule has 20 heavy (non-hydrogen) atoms. The number of aliphatic hydroxyl groups is 1. The summed E-state index contributed by atoms with van der Waals surface area (Å²) in [6.45, 7) is 5.57. The quantitative estimate of drug-likeness (QED) is 0.696. The highest BCUT2D eigenvalue weighted by molar-refractivity contribution is 5.77. The van der Waals surface area contributed by atoms with Gasteiger partial charge in [-0.3, -0.25) is 9.59 Å². The highest BCUT2D eigenvalue weighted by atomic mass is 16.3. The lowest BCUT2D eigenvalue weighted by molar-refractivity contribution is -0.133. The van der Waals surface area contributed by atoms with E-state index in [1.807, 2.05) is 4.90 Å². The second-order valence-electron chi connectivity index (χ2n) is 6.46. The third kappa shape index (κ3) is 3.49. The molecule has 2 aliphatic rings. The van der Waals surface area contributed by atoms with Crippen LogP contribution in [0.15, 0.2) is 0 Å². The predicted octanol–water partition coefficient (Wildman–Crippen LogP) is -0.731. The first-order valence-corrected chi connectivity index (χ1v) is 7.29. The second-order valence-corrected chi connectivity index (χ2v) is 6.46. The van der Waals surface area contributed by atoms with Crippen molar-refractivity contribution < 1.29 is 14.7 Å². The minimum Gasteiger partial charge on any atom is -0.392 e. The van der Waals surface area contributed by atoms with E-state index in [2.05, 4.69) is 11.9 Å². The topological polar surface area (TPSA) is 86.9 Å². The Morgan fingerprint density at radius 2 is 1.75 bits per heavy atom. The number of fused-ring (bicyclic) bond motifs is 1. The zero-order valence-corrected chi connectivity index (χ0v) is 12.3. The second kappa shape index (κ2) is 6.10. The monoisotopic (exact) mass is 283 g/mol. The van der Waals surface area contributed by atoms with E-state index < -0.39 is 12.0 Å². The van der Waals surface area contributed by atoms with E-state index in [0.717, 1.165) is 26.2 Å². The van der Waals surface area contributed by atoms with Crippen LogP contribution in [0.5, 0.6) is 0 Å². The van der Waals surface area contributed by atoms with Gasteiger partial charge < -0.3 is 20.6 Å². The van der Waals surface area contributed by atoms with Gasteiger partial charge in [-0.25, -0.2) is 0 Å². The Morgan fingerprint density at radius 1 is 1.20 bits per heavy atom. The first-order chi connectivity index (χ1) is 9.36. The molecule has 2 saturated heterocycles. The summed E-state index contributed by atoms with van der Waals surface area (Å²) in [6, 6.07) is 0. The van der Waals surface area contributed by atoms with Crippen LogP contribution in [0, 0.1) is 17.8 Å². The maximum atomic E-state index is 12.2. The van der Waals surface area contributed by atoms with Gasteiger partial charge in [0.15, 0.2) is 0 Å². The van der Waals surface area contributed by atoms with Crippen molar-refractivity contribution in [2.75, 3.05) is 33.2 Å². The molecule has 2 fully saturated rings. The van der Waals surface area contributed by atoms with Crippen LogP contribution < -0.4 is 5.73 Å². The fraction of sp³-hybridized carbons (Fsp3) is 0.857. The Bertz CT molecular complexity index is 374. The van der Waals surface area contributed by atoms with Gasteiger partial charge >= 0.3 is 0 Å². The largest absolute Gasteiger partial charge is 0.392 e. The van der Waals surface area contributed by atoms with Crippen molar-refractivity contribution >= 4 is 11.8 Å². The van der Waals surface area contributed by atoms with Crippen molar-refractivity contribution in [3.63, 3.8) is 0 Å². The van der Waals surface area contributed by atoms with Gasteiger partial charge in [0.25, 0.3) is 0 Å². The highest BCUT2D eigenvalue weighted by Crippen LogP contribution is 2.30. The van der Waals surface area contributed by atoms with Crippen LogP contribution in [0.4, 0.5) is 0 Å². The van der Waals surface area contributed by atoms with Gasteiger partial charge in [0.1, 0.15) is 0 Å². The molecule has 0 aliphatic carbocycles. The maximum absolute atomic E-state index is 12.2. The van der Waals surface area contributed by atoms with Crippen LogP contribution >= 0.6 is 0 Å². The Morgan fingerprint density at radius 3 is 2.25 bits per heavy atom. The first-order valence-electron chi connectivity index (χ1n) is 7.29. The average molecular weight is 283 g/mol. The van der Waals surface area contributed by atoms with Crippen molar-refractivity contribution in [1.82, 2.24) is 9.80 Å². The molecular formula is C14H25N3O3. The van der Waals surface area contributed by atoms with E-state index in [9.17, 15) is 14.7 Å². The number of hydrogen-bond donors (Lipinski definition) is 2. The van der Waals surface area contributed by atoms with E-state index in [1.54, 1.807) is 6.92 Å². The van der Waals surface area contributed by atoms with Gasteiger partial charge in [-0.15, -0.1) is 0 Å². The van der Waals surface area contributed by atoms with Gasteiger partial charge in [-0.2, -0.15) is 0 Å². The standard InChI is InChI=1S/C14H25N3O3/c1-9(12(18)4-13(15)19)3-14(20)17-7-10-5-16(2)6-11(10)8-17/h9-12,18H,3-8H2,1-2H3,(H2,15,19)/t9-,10?,11?,12+/m1/s1. The molecule has 0 aromatic rings. The van der Waals surface area contributed by atoms with Gasteiger partial charge in [0, 0.05) is 32.6 Å². The number of carbonyl (C=O) groups is 2. The maximum Gasteiger partial charge on any atom is 0.222 e. The van der Waals surface area contributed by atoms with Crippen LogP contribution in [0.25, 0.3) is 0 Å². The number of aliphatic hydroxyl groups excluding tert-OH is 1. The zero-order valence-electron chi connectivity index (χ0n) is 12.3. The van der Waals surface area contributed by atoms with Crippen molar-refractivity contribution in [2.24, 2.45) is 23.5 Å². The molecule has 0 aromatic carbocycles. The molecule has 6 nitrogen and oxygen atoms in total. The predicted molar refractivity (Wildman–Crippen MR) is 74.7 cm³/mol. The number of amides is 2. The number of carbonyl (C=O) groups excluding carboxylic acids is 2. The molecule has 2 unspecified atom stereocenters. The lowest BCUT2D eigenvalue weighted by Crippen LogP contribution is -2.35. The van der Waals surface area contributed by atoms with Crippen LogP contribution in [0.3, 0.4) is 0 Å².